The van der Waals surface area contributed by atoms with Crippen molar-refractivity contribution in [1.82, 2.24) is 19.8 Å². The molecule has 7 nitrogen and oxygen atoms in total. The molecular weight excluding hydrogens is 428 g/mol. The van der Waals surface area contributed by atoms with E-state index in [0.717, 1.165) is 36.2 Å². The van der Waals surface area contributed by atoms with E-state index in [9.17, 15) is 15.0 Å². The molecule has 1 saturated heterocycles. The third kappa shape index (κ3) is 5.30. The van der Waals surface area contributed by atoms with Gasteiger partial charge in [0.1, 0.15) is 18.0 Å². The third-order valence-electron chi connectivity index (χ3n) is 6.12. The molecule has 2 aromatic carbocycles. The van der Waals surface area contributed by atoms with Gasteiger partial charge in [-0.1, -0.05) is 48.2 Å². The average molecular weight is 459 g/mol. The SMILES string of the molecule is CNC(=O)N1CC(Cc2ccc(-c3ccc(C#C[C@@H](CO)n4ccnc4[C@H](C)O)cc3)cc2)C1. The molecule has 1 aliphatic rings. The molecule has 176 valence electrons. The summed E-state index contributed by atoms with van der Waals surface area (Å²) in [5.74, 6) is 7.19. The molecule has 7 heteroatoms. The average Bonchev–Trinajstić information content (AvgIpc) is 3.32. The Morgan fingerprint density at radius 3 is 2.38 bits per heavy atom. The van der Waals surface area contributed by atoms with Crippen molar-refractivity contribution in [3.05, 3.63) is 77.9 Å². The van der Waals surface area contributed by atoms with Crippen molar-refractivity contribution in [3.8, 4) is 23.0 Å². The first-order valence-electron chi connectivity index (χ1n) is 11.5. The van der Waals surface area contributed by atoms with Crippen LogP contribution in [-0.4, -0.2) is 57.4 Å². The molecule has 34 heavy (non-hydrogen) atoms. The number of nitrogens with one attached hydrogen (secondary N) is 1. The van der Waals surface area contributed by atoms with Crippen molar-refractivity contribution in [3.63, 3.8) is 0 Å². The summed E-state index contributed by atoms with van der Waals surface area (Å²) in [6, 6.07) is 16.1. The Hall–Kier alpha value is -3.60. The monoisotopic (exact) mass is 458 g/mol. The molecule has 1 aromatic heterocycles. The quantitative estimate of drug-likeness (QED) is 0.496. The Kier molecular flexibility index (Phi) is 7.31. The molecule has 2 atom stereocenters. The Labute approximate surface area is 200 Å². The highest BCUT2D eigenvalue weighted by Crippen LogP contribution is 2.24. The predicted octanol–water partition coefficient (Wildman–Crippen LogP) is 3.00. The summed E-state index contributed by atoms with van der Waals surface area (Å²) < 4.78 is 1.70. The lowest BCUT2D eigenvalue weighted by atomic mass is 9.91. The minimum absolute atomic E-state index is 0.00199. The van der Waals surface area contributed by atoms with Crippen molar-refractivity contribution in [2.24, 2.45) is 5.92 Å². The van der Waals surface area contributed by atoms with Crippen LogP contribution in [0.25, 0.3) is 11.1 Å². The van der Waals surface area contributed by atoms with E-state index < -0.39 is 12.1 Å². The van der Waals surface area contributed by atoms with Crippen LogP contribution in [0, 0.1) is 17.8 Å². The van der Waals surface area contributed by atoms with Gasteiger partial charge in [0.25, 0.3) is 0 Å². The van der Waals surface area contributed by atoms with Gasteiger partial charge in [-0.15, -0.1) is 0 Å². The summed E-state index contributed by atoms with van der Waals surface area (Å²) in [5, 5.41) is 22.3. The lowest BCUT2D eigenvalue weighted by Gasteiger charge is -2.39. The van der Waals surface area contributed by atoms with E-state index in [-0.39, 0.29) is 12.6 Å². The second-order valence-corrected chi connectivity index (χ2v) is 8.64. The molecule has 2 amide bonds. The van der Waals surface area contributed by atoms with Crippen LogP contribution in [0.3, 0.4) is 0 Å². The fourth-order valence-corrected chi connectivity index (χ4v) is 4.22. The number of benzene rings is 2. The maximum Gasteiger partial charge on any atom is 0.317 e. The topological polar surface area (TPSA) is 90.6 Å². The van der Waals surface area contributed by atoms with Crippen LogP contribution < -0.4 is 5.32 Å². The Morgan fingerprint density at radius 2 is 1.79 bits per heavy atom. The highest BCUT2D eigenvalue weighted by Gasteiger charge is 2.29. The number of likely N-dealkylation sites (tertiary alicyclic amines) is 1. The number of amides is 2. The van der Waals surface area contributed by atoms with Gasteiger partial charge in [0, 0.05) is 38.1 Å². The second kappa shape index (κ2) is 10.6. The van der Waals surface area contributed by atoms with Crippen LogP contribution in [0.1, 0.15) is 36.0 Å². The van der Waals surface area contributed by atoms with E-state index in [1.807, 2.05) is 29.2 Å². The van der Waals surface area contributed by atoms with Gasteiger partial charge in [-0.25, -0.2) is 9.78 Å². The van der Waals surface area contributed by atoms with Gasteiger partial charge in [-0.05, 0) is 48.1 Å². The van der Waals surface area contributed by atoms with E-state index in [1.54, 1.807) is 30.9 Å². The number of nitrogens with zero attached hydrogens (tertiary/aromatic N) is 3. The molecule has 2 heterocycles. The zero-order valence-corrected chi connectivity index (χ0v) is 19.5. The molecule has 3 aromatic rings. The zero-order chi connectivity index (χ0) is 24.1. The molecule has 3 N–H and O–H groups in total. The lowest BCUT2D eigenvalue weighted by Crippen LogP contribution is -2.53. The van der Waals surface area contributed by atoms with Gasteiger partial charge in [-0.3, -0.25) is 0 Å². The largest absolute Gasteiger partial charge is 0.393 e. The van der Waals surface area contributed by atoms with Crippen molar-refractivity contribution >= 4 is 6.03 Å². The fourth-order valence-electron chi connectivity index (χ4n) is 4.22. The van der Waals surface area contributed by atoms with Crippen LogP contribution in [0.5, 0.6) is 0 Å². The summed E-state index contributed by atoms with van der Waals surface area (Å²) in [6.07, 6.45) is 3.55. The van der Waals surface area contributed by atoms with Crippen LogP contribution in [0.2, 0.25) is 0 Å². The van der Waals surface area contributed by atoms with Gasteiger partial charge in [0.2, 0.25) is 0 Å². The van der Waals surface area contributed by atoms with Crippen molar-refractivity contribution < 1.29 is 15.0 Å². The molecule has 4 rings (SSSR count). The zero-order valence-electron chi connectivity index (χ0n) is 19.5. The molecule has 0 aliphatic carbocycles. The van der Waals surface area contributed by atoms with Crippen molar-refractivity contribution in [1.29, 1.82) is 0 Å². The highest BCUT2D eigenvalue weighted by atomic mass is 16.3. The Morgan fingerprint density at radius 1 is 1.15 bits per heavy atom. The third-order valence-corrected chi connectivity index (χ3v) is 6.12. The van der Waals surface area contributed by atoms with Gasteiger partial charge in [-0.2, -0.15) is 0 Å². The van der Waals surface area contributed by atoms with Crippen LogP contribution in [0.4, 0.5) is 4.79 Å². The molecule has 0 spiro atoms. The molecule has 1 aliphatic heterocycles. The van der Waals surface area contributed by atoms with Crippen molar-refractivity contribution in [2.75, 3.05) is 26.7 Å². The first-order valence-corrected chi connectivity index (χ1v) is 11.5. The molecule has 0 bridgehead atoms. The van der Waals surface area contributed by atoms with Gasteiger partial charge >= 0.3 is 6.03 Å². The number of hydrogen-bond acceptors (Lipinski definition) is 4. The van der Waals surface area contributed by atoms with E-state index in [2.05, 4.69) is 46.4 Å². The van der Waals surface area contributed by atoms with E-state index in [1.165, 1.54) is 5.56 Å². The molecule has 1 fully saturated rings. The number of aromatic nitrogens is 2. The van der Waals surface area contributed by atoms with E-state index >= 15 is 0 Å². The maximum absolute atomic E-state index is 11.6. The van der Waals surface area contributed by atoms with E-state index in [0.29, 0.717) is 11.7 Å². The minimum Gasteiger partial charge on any atom is -0.393 e. The standard InChI is InChI=1S/C27H30N4O3/c1-19(33)26-29-13-14-31(26)25(18-32)12-7-20-3-8-23(9-4-20)24-10-5-21(6-11-24)15-22-16-30(17-22)27(34)28-2/h3-6,8-11,13-14,19,22,25,32-33H,15-18H2,1-2H3,(H,28,34)/t19-,25-/m0/s1. The van der Waals surface area contributed by atoms with Gasteiger partial charge in [0.05, 0.1) is 6.61 Å². The predicted molar refractivity (Wildman–Crippen MR) is 131 cm³/mol. The van der Waals surface area contributed by atoms with E-state index in [4.69, 9.17) is 0 Å². The number of aliphatic hydroxyl groups excluding tert-OH is 2. The number of imidazole rings is 1. The number of hydrogen-bond donors (Lipinski definition) is 3. The van der Waals surface area contributed by atoms with Crippen LogP contribution in [-0.2, 0) is 6.42 Å². The van der Waals surface area contributed by atoms with Gasteiger partial charge in [0.15, 0.2) is 0 Å². The summed E-state index contributed by atoms with van der Waals surface area (Å²) in [7, 11) is 1.66. The summed E-state index contributed by atoms with van der Waals surface area (Å²) >= 11 is 0. The normalized spacial score (nSPS) is 15.1. The van der Waals surface area contributed by atoms with Crippen LogP contribution in [0.15, 0.2) is 60.9 Å². The number of rotatable bonds is 6. The fraction of sp³-hybridized carbons (Fsp3) is 0.333. The lowest BCUT2D eigenvalue weighted by molar-refractivity contribution is 0.122. The minimum atomic E-state index is -0.734. The van der Waals surface area contributed by atoms with Crippen LogP contribution >= 0.6 is 0 Å². The summed E-state index contributed by atoms with van der Waals surface area (Å²) in [6.45, 7) is 3.09. The number of carbonyl (C=O) groups excluding carboxylic acids is 1. The first kappa shape index (κ1) is 23.6. The summed E-state index contributed by atoms with van der Waals surface area (Å²) in [5.41, 5.74) is 4.37. The number of carbonyl (C=O) groups is 1. The smallest absolute Gasteiger partial charge is 0.317 e. The second-order valence-electron chi connectivity index (χ2n) is 8.64. The maximum atomic E-state index is 11.6. The van der Waals surface area contributed by atoms with Crippen molar-refractivity contribution in [2.45, 2.75) is 25.5 Å². The highest BCUT2D eigenvalue weighted by molar-refractivity contribution is 5.74. The Balaban J connectivity index is 1.37. The summed E-state index contributed by atoms with van der Waals surface area (Å²) in [4.78, 5) is 17.6. The molecule has 0 saturated carbocycles. The Bertz CT molecular complexity index is 1170. The van der Waals surface area contributed by atoms with Gasteiger partial charge < -0.3 is 25.0 Å². The number of aliphatic hydroxyl groups is 2. The molecular formula is C27H30N4O3. The molecule has 0 radical (unpaired) electrons. The first-order chi connectivity index (χ1) is 16.5. The number of urea groups is 1. The molecule has 0 unspecified atom stereocenters.